The van der Waals surface area contributed by atoms with E-state index in [0.717, 1.165) is 64.6 Å². The van der Waals surface area contributed by atoms with Crippen LogP contribution in [0.5, 0.6) is 0 Å². The van der Waals surface area contributed by atoms with Crippen LogP contribution in [0.2, 0.25) is 0 Å². The van der Waals surface area contributed by atoms with E-state index in [-0.39, 0.29) is 17.4 Å². The lowest BCUT2D eigenvalue weighted by Gasteiger charge is -2.31. The van der Waals surface area contributed by atoms with Crippen LogP contribution in [0.4, 0.5) is 5.69 Å². The Morgan fingerprint density at radius 2 is 1.91 bits per heavy atom. The van der Waals surface area contributed by atoms with Crippen molar-refractivity contribution in [1.82, 2.24) is 0 Å². The summed E-state index contributed by atoms with van der Waals surface area (Å²) in [6, 6.07) is 5.31. The molecule has 0 amide bonds. The highest BCUT2D eigenvalue weighted by molar-refractivity contribution is 8.19. The van der Waals surface area contributed by atoms with Crippen LogP contribution in [0.3, 0.4) is 0 Å². The molecule has 45 heavy (non-hydrogen) atoms. The summed E-state index contributed by atoms with van der Waals surface area (Å²) in [6.07, 6.45) is 13.2. The van der Waals surface area contributed by atoms with Crippen LogP contribution < -0.4 is 4.90 Å². The van der Waals surface area contributed by atoms with Gasteiger partial charge in [-0.05, 0) is 59.8 Å². The minimum atomic E-state index is -3.39. The zero-order valence-electron chi connectivity index (χ0n) is 25.7. The lowest BCUT2D eigenvalue weighted by atomic mass is 9.80. The largest absolute Gasteiger partial charge is 0.496 e. The standard InChI is InChI=1S/C34H38N2O7S2/c1-40-34(37)33-35-17-23-18-42-20-26-30-25(29(31(26)32(23)44-33)21-6-4-3-5-7-21)9-11-28(30)43-19-22-16-24(45(2,38)39)8-10-27(22)36-12-14-41-15-13-36/h8-11,16,20-21,30H,3-7,12-15,17-19H2,1-2H3. The molecule has 1 saturated carbocycles. The van der Waals surface area contributed by atoms with Crippen LogP contribution >= 0.6 is 11.8 Å². The predicted molar refractivity (Wildman–Crippen MR) is 174 cm³/mol. The Morgan fingerprint density at radius 1 is 1.11 bits per heavy atom. The first-order valence-corrected chi connectivity index (χ1v) is 18.3. The maximum absolute atomic E-state index is 12.6. The third kappa shape index (κ3) is 5.79. The fraction of sp³-hybridized carbons (Fsp3) is 0.471. The van der Waals surface area contributed by atoms with Crippen molar-refractivity contribution in [2.45, 2.75) is 43.6 Å². The normalized spacial score (nSPS) is 23.6. The van der Waals surface area contributed by atoms with E-state index in [2.05, 4.69) is 22.0 Å². The van der Waals surface area contributed by atoms with E-state index in [1.54, 1.807) is 12.1 Å². The molecule has 1 saturated heterocycles. The van der Waals surface area contributed by atoms with Crippen LogP contribution in [-0.4, -0.2) is 72.3 Å². The van der Waals surface area contributed by atoms with E-state index in [1.165, 1.54) is 55.5 Å². The van der Waals surface area contributed by atoms with Gasteiger partial charge in [0, 0.05) is 46.6 Å². The summed E-state index contributed by atoms with van der Waals surface area (Å²) in [6.45, 7) is 3.76. The number of ether oxygens (including phenoxy) is 4. The number of rotatable bonds is 7. The van der Waals surface area contributed by atoms with Crippen LogP contribution in [0.25, 0.3) is 0 Å². The molecule has 0 bridgehead atoms. The van der Waals surface area contributed by atoms with Gasteiger partial charge < -0.3 is 23.8 Å². The number of sulfone groups is 1. The number of benzene rings is 1. The zero-order valence-corrected chi connectivity index (χ0v) is 27.3. The second kappa shape index (κ2) is 12.5. The number of fused-ring (bicyclic) bond motifs is 4. The minimum Gasteiger partial charge on any atom is -0.496 e. The van der Waals surface area contributed by atoms with Crippen LogP contribution in [-0.2, 0) is 40.2 Å². The minimum absolute atomic E-state index is 0.130. The molecule has 2 fully saturated rings. The molecule has 0 radical (unpaired) electrons. The first-order chi connectivity index (χ1) is 21.8. The Hall–Kier alpha value is -3.28. The summed E-state index contributed by atoms with van der Waals surface area (Å²) in [5.74, 6) is 0.673. The molecule has 11 heteroatoms. The molecule has 3 heterocycles. The Morgan fingerprint density at radius 3 is 2.67 bits per heavy atom. The highest BCUT2D eigenvalue weighted by Crippen LogP contribution is 2.57. The number of nitrogens with zero attached hydrogens (tertiary/aromatic N) is 2. The molecule has 0 spiro atoms. The number of allylic oxidation sites excluding steroid dienone is 5. The topological polar surface area (TPSA) is 104 Å². The average Bonchev–Trinajstić information content (AvgIpc) is 3.55. The van der Waals surface area contributed by atoms with E-state index in [1.807, 2.05) is 12.3 Å². The number of esters is 1. The van der Waals surface area contributed by atoms with Gasteiger partial charge in [0.05, 0.1) is 43.9 Å². The number of anilines is 1. The molecule has 238 valence electrons. The fourth-order valence-electron chi connectivity index (χ4n) is 7.26. The van der Waals surface area contributed by atoms with E-state index in [9.17, 15) is 13.2 Å². The number of hydrogen-bond donors (Lipinski definition) is 0. The quantitative estimate of drug-likeness (QED) is 0.366. The molecule has 7 rings (SSSR count). The summed E-state index contributed by atoms with van der Waals surface area (Å²) in [7, 11) is -2.01. The third-order valence-electron chi connectivity index (χ3n) is 9.43. The van der Waals surface area contributed by atoms with E-state index in [0.29, 0.717) is 37.3 Å². The molecule has 1 aromatic rings. The van der Waals surface area contributed by atoms with Crippen LogP contribution in [0.1, 0.15) is 37.7 Å². The van der Waals surface area contributed by atoms with Crippen molar-refractivity contribution < 1.29 is 32.2 Å². The monoisotopic (exact) mass is 650 g/mol. The number of carbonyl (C=O) groups excluding carboxylic acids is 1. The van der Waals surface area contributed by atoms with Gasteiger partial charge in [0.15, 0.2) is 14.9 Å². The number of aliphatic imine (C=N–C) groups is 1. The van der Waals surface area contributed by atoms with Gasteiger partial charge in [0.1, 0.15) is 19.0 Å². The lowest BCUT2D eigenvalue weighted by Crippen LogP contribution is -2.36. The molecule has 0 aromatic heterocycles. The van der Waals surface area contributed by atoms with Crippen molar-refractivity contribution in [2.75, 3.05) is 57.7 Å². The fourth-order valence-corrected chi connectivity index (χ4v) is 9.02. The molecule has 9 nitrogen and oxygen atoms in total. The van der Waals surface area contributed by atoms with Crippen LogP contribution in [0.15, 0.2) is 85.0 Å². The number of methoxy groups -OCH3 is 1. The average molecular weight is 651 g/mol. The molecule has 6 aliphatic rings. The SMILES string of the molecule is COC(=O)C1=NCC2=C(S1)C1=C(C3CCCCC3)C3=CC=C(OCc4cc(S(C)(=O)=O)ccc4N4CCOCC4)C3C1=COC2. The van der Waals surface area contributed by atoms with Crippen molar-refractivity contribution in [1.29, 1.82) is 0 Å². The second-order valence-corrected chi connectivity index (χ2v) is 15.2. The maximum atomic E-state index is 12.6. The predicted octanol–water partition coefficient (Wildman–Crippen LogP) is 5.26. The molecule has 3 aliphatic carbocycles. The first kappa shape index (κ1) is 30.4. The van der Waals surface area contributed by atoms with Gasteiger partial charge >= 0.3 is 5.97 Å². The van der Waals surface area contributed by atoms with E-state index in [4.69, 9.17) is 18.9 Å². The van der Waals surface area contributed by atoms with Gasteiger partial charge in [-0.3, -0.25) is 4.99 Å². The first-order valence-electron chi connectivity index (χ1n) is 15.6. The summed E-state index contributed by atoms with van der Waals surface area (Å²) in [5, 5.41) is 0.368. The molecule has 1 atom stereocenters. The van der Waals surface area contributed by atoms with E-state index < -0.39 is 15.8 Å². The van der Waals surface area contributed by atoms with E-state index >= 15 is 0 Å². The van der Waals surface area contributed by atoms with Crippen molar-refractivity contribution in [3.63, 3.8) is 0 Å². The van der Waals surface area contributed by atoms with Gasteiger partial charge in [0.2, 0.25) is 0 Å². The summed E-state index contributed by atoms with van der Waals surface area (Å²) < 4.78 is 48.4. The summed E-state index contributed by atoms with van der Waals surface area (Å²) >= 11 is 1.39. The Bertz CT molecular complexity index is 1700. The molecular weight excluding hydrogens is 613 g/mol. The van der Waals surface area contributed by atoms with Gasteiger partial charge in [0.25, 0.3) is 0 Å². The van der Waals surface area contributed by atoms with Gasteiger partial charge in [-0.15, -0.1) is 0 Å². The molecule has 0 N–H and O–H groups in total. The van der Waals surface area contributed by atoms with Crippen molar-refractivity contribution in [3.05, 3.63) is 80.7 Å². The number of thioether (sulfide) groups is 1. The molecule has 3 aliphatic heterocycles. The Balaban J connectivity index is 1.22. The number of hydrogen-bond acceptors (Lipinski definition) is 10. The molecule has 1 aromatic carbocycles. The highest BCUT2D eigenvalue weighted by Gasteiger charge is 2.45. The van der Waals surface area contributed by atoms with Crippen molar-refractivity contribution in [3.8, 4) is 0 Å². The van der Waals surface area contributed by atoms with Crippen molar-refractivity contribution >= 4 is 38.3 Å². The Labute approximate surface area is 268 Å². The highest BCUT2D eigenvalue weighted by atomic mass is 32.2. The number of morpholine rings is 1. The van der Waals surface area contributed by atoms with Crippen LogP contribution in [0, 0.1) is 11.8 Å². The summed E-state index contributed by atoms with van der Waals surface area (Å²) in [5.41, 5.74) is 7.64. The van der Waals surface area contributed by atoms with Gasteiger partial charge in [-0.1, -0.05) is 37.1 Å². The number of carbonyl (C=O) groups is 1. The van der Waals surface area contributed by atoms with Crippen molar-refractivity contribution in [2.24, 2.45) is 16.8 Å². The lowest BCUT2D eigenvalue weighted by molar-refractivity contribution is -0.132. The molecule has 1 unspecified atom stereocenters. The second-order valence-electron chi connectivity index (χ2n) is 12.2. The smallest absolute Gasteiger partial charge is 0.363 e. The van der Waals surface area contributed by atoms with Gasteiger partial charge in [-0.2, -0.15) is 0 Å². The Kier molecular flexibility index (Phi) is 8.43. The third-order valence-corrected chi connectivity index (χ3v) is 11.7. The molecular formula is C34H38N2O7S2. The van der Waals surface area contributed by atoms with Gasteiger partial charge in [-0.25, -0.2) is 13.2 Å². The summed E-state index contributed by atoms with van der Waals surface area (Å²) in [4.78, 5) is 20.6. The maximum Gasteiger partial charge on any atom is 0.363 e. The zero-order chi connectivity index (χ0) is 31.1.